The van der Waals surface area contributed by atoms with E-state index in [0.717, 1.165) is 50.1 Å². The minimum Gasteiger partial charge on any atom is -0.307 e. The monoisotopic (exact) mass is 240 g/mol. The van der Waals surface area contributed by atoms with Crippen molar-refractivity contribution in [1.82, 2.24) is 5.32 Å². The first-order valence-corrected chi connectivity index (χ1v) is 7.50. The minimum atomic E-state index is -3.07. The Hall–Kier alpha value is -0.680. The summed E-state index contributed by atoms with van der Waals surface area (Å²) in [4.78, 5) is 4.34. The summed E-state index contributed by atoms with van der Waals surface area (Å²) in [6, 6.07) is 0. The van der Waals surface area contributed by atoms with Gasteiger partial charge in [0.05, 0.1) is 11.0 Å². The van der Waals surface area contributed by atoms with Crippen LogP contribution in [0.1, 0.15) is 25.7 Å². The first kappa shape index (κ1) is 10.5. The van der Waals surface area contributed by atoms with Crippen LogP contribution in [-0.4, -0.2) is 37.8 Å². The molecule has 2 heterocycles. The maximum Gasteiger partial charge on any atom is 0.179 e. The highest BCUT2D eigenvalue weighted by Crippen LogP contribution is 2.31. The largest absolute Gasteiger partial charge is 0.307 e. The first-order valence-electron chi connectivity index (χ1n) is 5.89. The second-order valence-electron chi connectivity index (χ2n) is 4.76. The molecule has 16 heavy (non-hydrogen) atoms. The van der Waals surface area contributed by atoms with Crippen LogP contribution in [0.15, 0.2) is 16.6 Å². The third kappa shape index (κ3) is 1.53. The van der Waals surface area contributed by atoms with Crippen molar-refractivity contribution >= 4 is 15.5 Å². The van der Waals surface area contributed by atoms with Gasteiger partial charge in [-0.15, -0.1) is 0 Å². The summed E-state index contributed by atoms with van der Waals surface area (Å²) < 4.78 is 24.6. The molecule has 0 spiro atoms. The second-order valence-corrected chi connectivity index (χ2v) is 7.09. The molecule has 1 aliphatic carbocycles. The standard InChI is InChI=1S/C11H16N2O2S/c14-16(15,9-3-1-2-4-9)11-5-8-6-12-7-10(8)13-11/h5,9,11-12H,1-4,6-7H2. The molecule has 4 nitrogen and oxygen atoms in total. The number of sulfone groups is 1. The molecule has 0 radical (unpaired) electrons. The third-order valence-corrected chi connectivity index (χ3v) is 6.02. The van der Waals surface area contributed by atoms with E-state index < -0.39 is 15.2 Å². The zero-order valence-corrected chi connectivity index (χ0v) is 9.96. The highest BCUT2D eigenvalue weighted by Gasteiger charge is 2.38. The average Bonchev–Trinajstić information content (AvgIpc) is 2.94. The second kappa shape index (κ2) is 3.67. The van der Waals surface area contributed by atoms with Gasteiger partial charge in [0.1, 0.15) is 0 Å². The number of nitrogens with one attached hydrogen (secondary N) is 1. The Morgan fingerprint density at radius 3 is 2.69 bits per heavy atom. The molecule has 0 aromatic rings. The zero-order valence-electron chi connectivity index (χ0n) is 9.15. The molecule has 0 amide bonds. The molecular formula is C11H16N2O2S. The molecule has 88 valence electrons. The third-order valence-electron chi connectivity index (χ3n) is 3.71. The number of nitrogens with zero attached hydrogens (tertiary/aromatic N) is 1. The first-order chi connectivity index (χ1) is 7.68. The van der Waals surface area contributed by atoms with Crippen LogP contribution in [0, 0.1) is 0 Å². The Morgan fingerprint density at radius 1 is 1.25 bits per heavy atom. The highest BCUT2D eigenvalue weighted by atomic mass is 32.2. The summed E-state index contributed by atoms with van der Waals surface area (Å²) in [6.07, 6.45) is 5.58. The molecular weight excluding hydrogens is 224 g/mol. The summed E-state index contributed by atoms with van der Waals surface area (Å²) in [5, 5.41) is 2.44. The summed E-state index contributed by atoms with van der Waals surface area (Å²) in [7, 11) is -3.07. The van der Waals surface area contributed by atoms with Gasteiger partial charge in [-0.05, 0) is 24.5 Å². The average molecular weight is 240 g/mol. The molecule has 0 bridgehead atoms. The Morgan fingerprint density at radius 2 is 2.00 bits per heavy atom. The highest BCUT2D eigenvalue weighted by molar-refractivity contribution is 7.92. The van der Waals surface area contributed by atoms with E-state index in [4.69, 9.17) is 0 Å². The summed E-state index contributed by atoms with van der Waals surface area (Å²) in [6.45, 7) is 1.50. The Kier molecular flexibility index (Phi) is 2.40. The van der Waals surface area contributed by atoms with Crippen LogP contribution in [0.5, 0.6) is 0 Å². The molecule has 1 unspecified atom stereocenters. The lowest BCUT2D eigenvalue weighted by Crippen LogP contribution is -2.27. The fourth-order valence-electron chi connectivity index (χ4n) is 2.76. The van der Waals surface area contributed by atoms with Crippen LogP contribution in [0.2, 0.25) is 0 Å². The quantitative estimate of drug-likeness (QED) is 0.771. The molecule has 5 heteroatoms. The molecule has 2 aliphatic heterocycles. The molecule has 3 rings (SSSR count). The van der Waals surface area contributed by atoms with Crippen molar-refractivity contribution in [3.8, 4) is 0 Å². The van der Waals surface area contributed by atoms with Crippen molar-refractivity contribution in [3.05, 3.63) is 11.6 Å². The predicted molar refractivity (Wildman–Crippen MR) is 63.4 cm³/mol. The maximum atomic E-state index is 12.3. The molecule has 1 atom stereocenters. The smallest absolute Gasteiger partial charge is 0.179 e. The number of fused-ring (bicyclic) bond motifs is 1. The van der Waals surface area contributed by atoms with Crippen molar-refractivity contribution in [2.75, 3.05) is 13.1 Å². The zero-order chi connectivity index (χ0) is 11.2. The van der Waals surface area contributed by atoms with Gasteiger partial charge in [-0.2, -0.15) is 0 Å². The van der Waals surface area contributed by atoms with Gasteiger partial charge in [-0.3, -0.25) is 4.99 Å². The Balaban J connectivity index is 1.87. The molecule has 1 saturated heterocycles. The van der Waals surface area contributed by atoms with Crippen LogP contribution < -0.4 is 5.32 Å². The molecule has 0 aromatic carbocycles. The topological polar surface area (TPSA) is 58.5 Å². The van der Waals surface area contributed by atoms with Crippen molar-refractivity contribution in [1.29, 1.82) is 0 Å². The van der Waals surface area contributed by atoms with E-state index in [1.165, 1.54) is 0 Å². The Bertz CT molecular complexity index is 438. The van der Waals surface area contributed by atoms with Gasteiger partial charge in [0.2, 0.25) is 0 Å². The van der Waals surface area contributed by atoms with E-state index in [-0.39, 0.29) is 5.25 Å². The van der Waals surface area contributed by atoms with Gasteiger partial charge < -0.3 is 5.32 Å². The predicted octanol–water partition coefficient (Wildman–Crippen LogP) is 0.654. The fraction of sp³-hybridized carbons (Fsp3) is 0.727. The van der Waals surface area contributed by atoms with Gasteiger partial charge in [-0.1, -0.05) is 12.8 Å². The van der Waals surface area contributed by atoms with Gasteiger partial charge in [0.25, 0.3) is 0 Å². The van der Waals surface area contributed by atoms with E-state index in [0.29, 0.717) is 0 Å². The molecule has 1 saturated carbocycles. The molecule has 1 N–H and O–H groups in total. The Labute approximate surface area is 95.8 Å². The van der Waals surface area contributed by atoms with Crippen molar-refractivity contribution in [2.45, 2.75) is 36.3 Å². The fourth-order valence-corrected chi connectivity index (χ4v) is 4.77. The number of rotatable bonds is 2. The summed E-state index contributed by atoms with van der Waals surface area (Å²) in [5.74, 6) is 0. The van der Waals surface area contributed by atoms with Crippen LogP contribution in [0.25, 0.3) is 0 Å². The van der Waals surface area contributed by atoms with E-state index in [1.54, 1.807) is 0 Å². The van der Waals surface area contributed by atoms with E-state index in [9.17, 15) is 8.42 Å². The molecule has 3 aliphatic rings. The normalized spacial score (nSPS) is 30.4. The lowest BCUT2D eigenvalue weighted by molar-refractivity contribution is 0.573. The van der Waals surface area contributed by atoms with Gasteiger partial charge in [0, 0.05) is 13.1 Å². The van der Waals surface area contributed by atoms with Gasteiger partial charge in [0.15, 0.2) is 15.2 Å². The number of hydrogen-bond acceptors (Lipinski definition) is 4. The van der Waals surface area contributed by atoms with Gasteiger partial charge in [-0.25, -0.2) is 8.42 Å². The molecule has 0 aromatic heterocycles. The number of hydrogen-bond donors (Lipinski definition) is 1. The van der Waals surface area contributed by atoms with E-state index in [1.807, 2.05) is 6.08 Å². The molecule has 2 fully saturated rings. The van der Waals surface area contributed by atoms with Gasteiger partial charge >= 0.3 is 0 Å². The van der Waals surface area contributed by atoms with Crippen LogP contribution in [0.3, 0.4) is 0 Å². The van der Waals surface area contributed by atoms with Crippen molar-refractivity contribution < 1.29 is 8.42 Å². The van der Waals surface area contributed by atoms with Crippen molar-refractivity contribution in [3.63, 3.8) is 0 Å². The van der Waals surface area contributed by atoms with E-state index in [2.05, 4.69) is 10.3 Å². The van der Waals surface area contributed by atoms with Crippen LogP contribution in [0.4, 0.5) is 0 Å². The summed E-state index contributed by atoms with van der Waals surface area (Å²) >= 11 is 0. The maximum absolute atomic E-state index is 12.3. The van der Waals surface area contributed by atoms with Crippen LogP contribution >= 0.6 is 0 Å². The van der Waals surface area contributed by atoms with Crippen LogP contribution in [-0.2, 0) is 9.84 Å². The lowest BCUT2D eigenvalue weighted by Gasteiger charge is -2.13. The minimum absolute atomic E-state index is 0.148. The summed E-state index contributed by atoms with van der Waals surface area (Å²) in [5.41, 5.74) is 2.04. The van der Waals surface area contributed by atoms with E-state index >= 15 is 0 Å². The van der Waals surface area contributed by atoms with Crippen molar-refractivity contribution in [2.24, 2.45) is 4.99 Å². The lowest BCUT2D eigenvalue weighted by atomic mass is 10.2. The number of aliphatic imine (C=N–C) groups is 1. The SMILES string of the molecule is O=S(=O)(C1CCCC1)C1C=C2CNCC2=N1.